The third kappa shape index (κ3) is 5.97. The van der Waals surface area contributed by atoms with E-state index in [0.29, 0.717) is 11.8 Å². The Labute approximate surface area is 126 Å². The molecule has 3 unspecified atom stereocenters. The minimum atomic E-state index is -0.628. The van der Waals surface area contributed by atoms with Crippen LogP contribution in [0.25, 0.3) is 0 Å². The van der Waals surface area contributed by atoms with E-state index in [1.165, 1.54) is 5.57 Å². The summed E-state index contributed by atoms with van der Waals surface area (Å²) in [5.74, 6) is 1.03. The average molecular weight is 284 g/mol. The van der Waals surface area contributed by atoms with E-state index in [1.807, 2.05) is 6.92 Å². The smallest absolute Gasteiger partial charge is 0.0648 e. The molecule has 0 aromatic heterocycles. The van der Waals surface area contributed by atoms with Gasteiger partial charge in [0.25, 0.3) is 0 Å². The van der Waals surface area contributed by atoms with Gasteiger partial charge < -0.3 is 9.84 Å². The lowest BCUT2D eigenvalue weighted by Crippen LogP contribution is -2.34. The molecule has 0 radical (unpaired) electrons. The topological polar surface area (TPSA) is 29.5 Å². The zero-order valence-corrected chi connectivity index (χ0v) is 14.9. The number of allylic oxidation sites excluding steroid dienone is 1. The van der Waals surface area contributed by atoms with Crippen LogP contribution < -0.4 is 0 Å². The maximum Gasteiger partial charge on any atom is 0.0648 e. The first-order valence-electron chi connectivity index (χ1n) is 7.93. The van der Waals surface area contributed by atoms with Gasteiger partial charge in [-0.05, 0) is 57.8 Å². The van der Waals surface area contributed by atoms with Crippen molar-refractivity contribution in [3.8, 4) is 0 Å². The highest BCUT2D eigenvalue weighted by atomic mass is 16.5. The maximum absolute atomic E-state index is 10.5. The van der Waals surface area contributed by atoms with Gasteiger partial charge in [0.05, 0.1) is 11.2 Å². The summed E-state index contributed by atoms with van der Waals surface area (Å²) >= 11 is 0. The first-order valence-corrected chi connectivity index (χ1v) is 7.93. The lowest BCUT2D eigenvalue weighted by molar-refractivity contribution is -0.00857. The number of methoxy groups -OCH3 is 1. The van der Waals surface area contributed by atoms with Gasteiger partial charge >= 0.3 is 0 Å². The predicted octanol–water partition coefficient (Wildman–Crippen LogP) is 4.82. The van der Waals surface area contributed by atoms with Crippen LogP contribution in [0.1, 0.15) is 67.7 Å². The Bertz CT molecular complexity index is 303. The second-order valence-electron chi connectivity index (χ2n) is 7.47. The summed E-state index contributed by atoms with van der Waals surface area (Å²) in [7, 11) is 1.77. The number of aliphatic hydroxyl groups is 1. The molecule has 0 aromatic rings. The number of ether oxygens (including phenoxy) is 1. The molecule has 0 rings (SSSR count). The van der Waals surface area contributed by atoms with E-state index in [9.17, 15) is 5.11 Å². The van der Waals surface area contributed by atoms with Crippen molar-refractivity contribution in [1.82, 2.24) is 0 Å². The van der Waals surface area contributed by atoms with Crippen molar-refractivity contribution in [2.75, 3.05) is 7.11 Å². The molecule has 0 saturated carbocycles. The second-order valence-corrected chi connectivity index (χ2v) is 7.47. The van der Waals surface area contributed by atoms with Gasteiger partial charge in [-0.25, -0.2) is 0 Å². The zero-order chi connectivity index (χ0) is 16.1. The van der Waals surface area contributed by atoms with E-state index in [2.05, 4.69) is 48.1 Å². The van der Waals surface area contributed by atoms with E-state index in [-0.39, 0.29) is 11.5 Å². The molecule has 2 heteroatoms. The van der Waals surface area contributed by atoms with Gasteiger partial charge in [0.1, 0.15) is 0 Å². The Balaban J connectivity index is 4.77. The summed E-state index contributed by atoms with van der Waals surface area (Å²) in [5, 5.41) is 10.5. The third-order valence-electron chi connectivity index (χ3n) is 4.90. The Morgan fingerprint density at radius 3 is 2.00 bits per heavy atom. The van der Waals surface area contributed by atoms with E-state index in [0.717, 1.165) is 19.3 Å². The molecule has 0 aliphatic carbocycles. The molecule has 20 heavy (non-hydrogen) atoms. The van der Waals surface area contributed by atoms with Crippen LogP contribution in [-0.2, 0) is 4.74 Å². The molecule has 0 saturated heterocycles. The normalized spacial score (nSPS) is 18.7. The Hall–Kier alpha value is -0.340. The van der Waals surface area contributed by atoms with Crippen molar-refractivity contribution in [3.63, 3.8) is 0 Å². The summed E-state index contributed by atoms with van der Waals surface area (Å²) in [4.78, 5) is 0. The van der Waals surface area contributed by atoms with Gasteiger partial charge in [0.2, 0.25) is 0 Å². The summed E-state index contributed by atoms with van der Waals surface area (Å²) in [6.45, 7) is 19.0. The molecule has 0 bridgehead atoms. The first kappa shape index (κ1) is 19.7. The van der Waals surface area contributed by atoms with Crippen molar-refractivity contribution in [3.05, 3.63) is 12.2 Å². The number of hydrogen-bond donors (Lipinski definition) is 1. The van der Waals surface area contributed by atoms with Crippen LogP contribution in [0.2, 0.25) is 0 Å². The Morgan fingerprint density at radius 1 is 1.15 bits per heavy atom. The number of hydrogen-bond acceptors (Lipinski definition) is 2. The first-order chi connectivity index (χ1) is 8.96. The highest BCUT2D eigenvalue weighted by Gasteiger charge is 2.31. The summed E-state index contributed by atoms with van der Waals surface area (Å²) in [5.41, 5.74) is 0.500. The molecular formula is C18H36O2. The van der Waals surface area contributed by atoms with Crippen LogP contribution >= 0.6 is 0 Å². The molecule has 120 valence electrons. The van der Waals surface area contributed by atoms with Gasteiger partial charge in [0, 0.05) is 7.11 Å². The van der Waals surface area contributed by atoms with Gasteiger partial charge in [0.15, 0.2) is 0 Å². The summed E-state index contributed by atoms with van der Waals surface area (Å²) < 4.78 is 5.55. The fourth-order valence-electron chi connectivity index (χ4n) is 2.60. The van der Waals surface area contributed by atoms with Crippen LogP contribution in [0.3, 0.4) is 0 Å². The minimum Gasteiger partial charge on any atom is -0.390 e. The molecule has 2 nitrogen and oxygen atoms in total. The van der Waals surface area contributed by atoms with Crippen molar-refractivity contribution < 1.29 is 9.84 Å². The van der Waals surface area contributed by atoms with Crippen LogP contribution in [0.15, 0.2) is 12.2 Å². The number of rotatable bonds is 9. The van der Waals surface area contributed by atoms with E-state index in [4.69, 9.17) is 4.74 Å². The summed E-state index contributed by atoms with van der Waals surface area (Å²) in [6, 6.07) is 0. The molecular weight excluding hydrogens is 248 g/mol. The third-order valence-corrected chi connectivity index (χ3v) is 4.90. The molecule has 3 atom stereocenters. The average Bonchev–Trinajstić information content (AvgIpc) is 2.34. The van der Waals surface area contributed by atoms with Gasteiger partial charge in [-0.2, -0.15) is 0 Å². The quantitative estimate of drug-likeness (QED) is 0.615. The molecule has 0 aliphatic rings. The standard InChI is InChI=1S/C18H36O2/c1-10-16(12-17(6,7)20-9)15(5)14(4)11-18(8,19)13(2)3/h13-14,16,19H,5,10-12H2,1-4,6-9H3. The van der Waals surface area contributed by atoms with E-state index in [1.54, 1.807) is 7.11 Å². The second kappa shape index (κ2) is 7.61. The van der Waals surface area contributed by atoms with Crippen LogP contribution in [0, 0.1) is 17.8 Å². The highest BCUT2D eigenvalue weighted by molar-refractivity contribution is 5.07. The molecule has 0 aliphatic heterocycles. The maximum atomic E-state index is 10.5. The van der Waals surface area contributed by atoms with Crippen LogP contribution in [-0.4, -0.2) is 23.4 Å². The predicted molar refractivity (Wildman–Crippen MR) is 87.9 cm³/mol. The van der Waals surface area contributed by atoms with Crippen molar-refractivity contribution in [2.45, 2.75) is 78.9 Å². The SMILES string of the molecule is C=C(C(C)CC(C)(O)C(C)C)C(CC)CC(C)(C)OC. The van der Waals surface area contributed by atoms with Crippen LogP contribution in [0.5, 0.6) is 0 Å². The van der Waals surface area contributed by atoms with Crippen LogP contribution in [0.4, 0.5) is 0 Å². The lowest BCUT2D eigenvalue weighted by atomic mass is 9.76. The molecule has 0 spiro atoms. The van der Waals surface area contributed by atoms with Crippen molar-refractivity contribution in [2.24, 2.45) is 17.8 Å². The molecule has 1 N–H and O–H groups in total. The minimum absolute atomic E-state index is 0.121. The fraction of sp³-hybridized carbons (Fsp3) is 0.889. The van der Waals surface area contributed by atoms with Crippen molar-refractivity contribution >= 4 is 0 Å². The van der Waals surface area contributed by atoms with Gasteiger partial charge in [-0.3, -0.25) is 0 Å². The highest BCUT2D eigenvalue weighted by Crippen LogP contribution is 2.35. The lowest BCUT2D eigenvalue weighted by Gasteiger charge is -2.35. The van der Waals surface area contributed by atoms with Gasteiger partial charge in [-0.15, -0.1) is 0 Å². The molecule has 0 fully saturated rings. The monoisotopic (exact) mass is 284 g/mol. The molecule has 0 amide bonds. The Morgan fingerprint density at radius 2 is 1.65 bits per heavy atom. The fourth-order valence-corrected chi connectivity index (χ4v) is 2.60. The summed E-state index contributed by atoms with van der Waals surface area (Å²) in [6.07, 6.45) is 2.82. The molecule has 0 heterocycles. The molecule has 0 aromatic carbocycles. The Kier molecular flexibility index (Phi) is 7.48. The van der Waals surface area contributed by atoms with Crippen molar-refractivity contribution in [1.29, 1.82) is 0 Å². The van der Waals surface area contributed by atoms with E-state index < -0.39 is 5.60 Å². The van der Waals surface area contributed by atoms with Gasteiger partial charge in [-0.1, -0.05) is 39.8 Å². The zero-order valence-electron chi connectivity index (χ0n) is 14.9. The largest absolute Gasteiger partial charge is 0.390 e. The van der Waals surface area contributed by atoms with E-state index >= 15 is 0 Å².